The molecule has 1 radical (unpaired) electrons. The van der Waals surface area contributed by atoms with Gasteiger partial charge < -0.3 is 0 Å². The Balaban J connectivity index is 1.55. The first-order chi connectivity index (χ1) is 16.3. The molecule has 2 unspecified atom stereocenters. The first-order valence-corrected chi connectivity index (χ1v) is 14.8. The second kappa shape index (κ2) is 10.8. The third-order valence-electron chi connectivity index (χ3n) is 6.77. The summed E-state index contributed by atoms with van der Waals surface area (Å²) in [4.78, 5) is 0. The Morgan fingerprint density at radius 1 is 0.455 bits per heavy atom. The van der Waals surface area contributed by atoms with Gasteiger partial charge in [0, 0.05) is 0 Å². The molecular formula is C31H31P2. The lowest BCUT2D eigenvalue weighted by molar-refractivity contribution is 0.555. The molecule has 0 heterocycles. The van der Waals surface area contributed by atoms with Crippen molar-refractivity contribution in [3.8, 4) is 0 Å². The summed E-state index contributed by atoms with van der Waals surface area (Å²) >= 11 is 0. The molecule has 0 aliphatic heterocycles. The molecule has 2 atom stereocenters. The van der Waals surface area contributed by atoms with Crippen molar-refractivity contribution in [2.24, 2.45) is 0 Å². The van der Waals surface area contributed by atoms with Crippen LogP contribution < -0.4 is 21.2 Å². The summed E-state index contributed by atoms with van der Waals surface area (Å²) in [6.45, 7) is 2.48. The molecule has 4 aromatic rings. The molecule has 0 spiro atoms. The van der Waals surface area contributed by atoms with Crippen LogP contribution in [0.3, 0.4) is 0 Å². The van der Waals surface area contributed by atoms with E-state index in [1.165, 1.54) is 40.5 Å². The van der Waals surface area contributed by atoms with Gasteiger partial charge in [-0.05, 0) is 67.1 Å². The van der Waals surface area contributed by atoms with Gasteiger partial charge in [-0.1, -0.05) is 135 Å². The molecule has 0 saturated heterocycles. The summed E-state index contributed by atoms with van der Waals surface area (Å²) in [7, 11) is -0.849. The van der Waals surface area contributed by atoms with Crippen molar-refractivity contribution in [1.82, 2.24) is 0 Å². The minimum Gasteiger partial charge on any atom is -0.0622 e. The fourth-order valence-corrected chi connectivity index (χ4v) is 11.4. The van der Waals surface area contributed by atoms with Crippen LogP contribution in [0.2, 0.25) is 0 Å². The average Bonchev–Trinajstić information content (AvgIpc) is 2.89. The van der Waals surface area contributed by atoms with Gasteiger partial charge in [0.15, 0.2) is 0 Å². The maximum atomic E-state index is 2.48. The van der Waals surface area contributed by atoms with E-state index in [-0.39, 0.29) is 0 Å². The third kappa shape index (κ3) is 4.99. The summed E-state index contributed by atoms with van der Waals surface area (Å²) in [5.74, 6) is 1.72. The summed E-state index contributed by atoms with van der Waals surface area (Å²) in [5.41, 5.74) is 1.25. The molecule has 0 amide bonds. The molecule has 165 valence electrons. The van der Waals surface area contributed by atoms with Gasteiger partial charge in [-0.15, -0.1) is 0 Å². The minimum absolute atomic E-state index is 0.424. The van der Waals surface area contributed by atoms with Crippen LogP contribution in [-0.2, 0) is 0 Å². The molecule has 1 aliphatic rings. The van der Waals surface area contributed by atoms with Gasteiger partial charge in [0.25, 0.3) is 0 Å². The molecule has 0 N–H and O–H groups in total. The zero-order valence-electron chi connectivity index (χ0n) is 19.2. The summed E-state index contributed by atoms with van der Waals surface area (Å²) in [6, 6.07) is 45.1. The number of hydrogen-bond acceptors (Lipinski definition) is 0. The van der Waals surface area contributed by atoms with E-state index in [1.54, 1.807) is 5.92 Å². The highest BCUT2D eigenvalue weighted by Gasteiger charge is 2.40. The fourth-order valence-electron chi connectivity index (χ4n) is 5.22. The van der Waals surface area contributed by atoms with Crippen molar-refractivity contribution in [2.75, 3.05) is 0 Å². The molecular weight excluding hydrogens is 434 g/mol. The van der Waals surface area contributed by atoms with E-state index >= 15 is 0 Å². The van der Waals surface area contributed by atoms with Crippen molar-refractivity contribution in [2.45, 2.75) is 37.5 Å². The predicted octanol–water partition coefficient (Wildman–Crippen LogP) is 6.77. The van der Waals surface area contributed by atoms with Crippen LogP contribution in [0.5, 0.6) is 0 Å². The topological polar surface area (TPSA) is 0 Å². The maximum Gasteiger partial charge on any atom is -0.00629 e. The van der Waals surface area contributed by atoms with E-state index in [0.717, 1.165) is 0 Å². The van der Waals surface area contributed by atoms with Crippen LogP contribution in [0.25, 0.3) is 0 Å². The van der Waals surface area contributed by atoms with Crippen LogP contribution in [0, 0.1) is 5.92 Å². The summed E-state index contributed by atoms with van der Waals surface area (Å²) < 4.78 is 0. The normalized spacial score (nSPS) is 19.1. The van der Waals surface area contributed by atoms with Gasteiger partial charge in [-0.3, -0.25) is 0 Å². The van der Waals surface area contributed by atoms with Crippen molar-refractivity contribution in [1.29, 1.82) is 0 Å². The van der Waals surface area contributed by atoms with Crippen molar-refractivity contribution in [3.05, 3.63) is 127 Å². The third-order valence-corrected chi connectivity index (χ3v) is 12.8. The standard InChI is InChI=1S/C31H31P2/c1-25-30(32(26-15-6-2-7-16-26)27-17-8-3-9-18-27)23-14-24-31(25)33(28-19-10-4-11-20-28)29-21-12-5-13-22-29/h2-13,15-22,30-31H,14,23-24H2,1H3. The lowest BCUT2D eigenvalue weighted by atomic mass is 9.89. The summed E-state index contributed by atoms with van der Waals surface area (Å²) in [6.07, 6.45) is 3.90. The Hall–Kier alpha value is -2.26. The van der Waals surface area contributed by atoms with Gasteiger partial charge in [0.2, 0.25) is 0 Å². The van der Waals surface area contributed by atoms with Gasteiger partial charge in [-0.25, -0.2) is 0 Å². The van der Waals surface area contributed by atoms with Crippen LogP contribution in [0.1, 0.15) is 26.2 Å². The van der Waals surface area contributed by atoms with Crippen LogP contribution in [-0.4, -0.2) is 11.3 Å². The van der Waals surface area contributed by atoms with E-state index in [9.17, 15) is 0 Å². The van der Waals surface area contributed by atoms with Gasteiger partial charge >= 0.3 is 0 Å². The van der Waals surface area contributed by atoms with E-state index in [0.29, 0.717) is 11.3 Å². The van der Waals surface area contributed by atoms with Crippen LogP contribution in [0.15, 0.2) is 121 Å². The van der Waals surface area contributed by atoms with Crippen molar-refractivity contribution in [3.63, 3.8) is 0 Å². The molecule has 0 nitrogen and oxygen atoms in total. The first kappa shape index (κ1) is 22.5. The van der Waals surface area contributed by atoms with E-state index in [4.69, 9.17) is 0 Å². The number of benzene rings is 4. The monoisotopic (exact) mass is 465 g/mol. The van der Waals surface area contributed by atoms with Gasteiger partial charge in [0.1, 0.15) is 0 Å². The Labute approximate surface area is 201 Å². The van der Waals surface area contributed by atoms with Crippen LogP contribution in [0.4, 0.5) is 0 Å². The Kier molecular flexibility index (Phi) is 7.36. The molecule has 33 heavy (non-hydrogen) atoms. The van der Waals surface area contributed by atoms with Gasteiger partial charge in [0.05, 0.1) is 0 Å². The number of hydrogen-bond donors (Lipinski definition) is 0. The minimum atomic E-state index is -0.424. The fraction of sp³-hybridized carbons (Fsp3) is 0.194. The molecule has 0 aromatic heterocycles. The van der Waals surface area contributed by atoms with E-state index in [2.05, 4.69) is 128 Å². The smallest absolute Gasteiger partial charge is 0.00629 e. The molecule has 2 heteroatoms. The first-order valence-electron chi connectivity index (χ1n) is 11.9. The molecule has 1 aliphatic carbocycles. The molecule has 0 bridgehead atoms. The second-order valence-corrected chi connectivity index (χ2v) is 13.6. The quantitative estimate of drug-likeness (QED) is 0.276. The zero-order chi connectivity index (χ0) is 22.5. The molecule has 1 saturated carbocycles. The Bertz CT molecular complexity index is 943. The SMILES string of the molecule is C[C]1C(P(c2ccccc2)c2ccccc2)CCCC1P(c1ccccc1)c1ccccc1. The average molecular weight is 466 g/mol. The van der Waals surface area contributed by atoms with E-state index < -0.39 is 15.8 Å². The lowest BCUT2D eigenvalue weighted by Crippen LogP contribution is -2.38. The molecule has 1 fully saturated rings. The zero-order valence-corrected chi connectivity index (χ0v) is 21.0. The largest absolute Gasteiger partial charge is 0.0622 e. The van der Waals surface area contributed by atoms with Crippen molar-refractivity contribution < 1.29 is 0 Å². The van der Waals surface area contributed by atoms with Crippen LogP contribution >= 0.6 is 15.8 Å². The second-order valence-electron chi connectivity index (χ2n) is 8.79. The summed E-state index contributed by atoms with van der Waals surface area (Å²) in [5, 5.41) is 6.03. The predicted molar refractivity (Wildman–Crippen MR) is 148 cm³/mol. The highest BCUT2D eigenvalue weighted by molar-refractivity contribution is 7.75. The highest BCUT2D eigenvalue weighted by atomic mass is 31.1. The lowest BCUT2D eigenvalue weighted by Gasteiger charge is -2.44. The Morgan fingerprint density at radius 3 is 1.00 bits per heavy atom. The Morgan fingerprint density at radius 2 is 0.727 bits per heavy atom. The maximum absolute atomic E-state index is 2.48. The molecule has 5 rings (SSSR count). The van der Waals surface area contributed by atoms with Crippen molar-refractivity contribution >= 4 is 37.1 Å². The van der Waals surface area contributed by atoms with Gasteiger partial charge in [-0.2, -0.15) is 0 Å². The molecule has 4 aromatic carbocycles. The highest BCUT2D eigenvalue weighted by Crippen LogP contribution is 2.57. The number of rotatable bonds is 6. The van der Waals surface area contributed by atoms with E-state index in [1.807, 2.05) is 0 Å².